The molecule has 1 amide bonds. The number of halogens is 2. The van der Waals surface area contributed by atoms with Crippen molar-refractivity contribution in [2.24, 2.45) is 5.92 Å². The van der Waals surface area contributed by atoms with Gasteiger partial charge >= 0.3 is 0 Å². The molecule has 31 heavy (non-hydrogen) atoms. The van der Waals surface area contributed by atoms with Crippen molar-refractivity contribution in [1.82, 2.24) is 19.2 Å². The number of hydrogen-bond acceptors (Lipinski definition) is 8. The Bertz CT molecular complexity index is 869. The van der Waals surface area contributed by atoms with Crippen LogP contribution in [-0.4, -0.2) is 90.2 Å². The van der Waals surface area contributed by atoms with Gasteiger partial charge in [0.05, 0.1) is 18.1 Å². The minimum Gasteiger partial charge on any atom is -0.373 e. The number of aromatic nitrogens is 2. The van der Waals surface area contributed by atoms with E-state index in [0.717, 1.165) is 62.2 Å². The summed E-state index contributed by atoms with van der Waals surface area (Å²) in [5, 5.41) is -0.637. The summed E-state index contributed by atoms with van der Waals surface area (Å²) < 4.78 is 32.5. The lowest BCUT2D eigenvalue weighted by Crippen LogP contribution is -2.47. The molecule has 0 aliphatic carbocycles. The van der Waals surface area contributed by atoms with E-state index in [2.05, 4.69) is 19.8 Å². The average molecular weight is 494 g/mol. The fourth-order valence-corrected chi connectivity index (χ4v) is 7.50. The van der Waals surface area contributed by atoms with Crippen LogP contribution in [-0.2, 0) is 19.6 Å². The van der Waals surface area contributed by atoms with E-state index in [9.17, 15) is 13.2 Å². The van der Waals surface area contributed by atoms with E-state index >= 15 is 0 Å². The van der Waals surface area contributed by atoms with Gasteiger partial charge in [0.25, 0.3) is 0 Å². The summed E-state index contributed by atoms with van der Waals surface area (Å²) in [5.74, 6) is 0.0686. The first-order valence-electron chi connectivity index (χ1n) is 10.5. The Morgan fingerprint density at radius 3 is 2.29 bits per heavy atom. The maximum atomic E-state index is 12.8. The minimum atomic E-state index is -3.56. The highest BCUT2D eigenvalue weighted by atomic mass is 35.5. The van der Waals surface area contributed by atoms with E-state index < -0.39 is 21.2 Å². The molecule has 0 aromatic carbocycles. The van der Waals surface area contributed by atoms with E-state index in [1.807, 2.05) is 6.07 Å². The SMILES string of the molecule is Cl.Cl.O=C1C2C3CCC(O3)C2S(=O)(=O)N1CCCCN1CCN(c2ncccn2)CC1. The first kappa shape index (κ1) is 24.4. The van der Waals surface area contributed by atoms with E-state index in [4.69, 9.17) is 4.74 Å². The zero-order chi connectivity index (χ0) is 20.0. The van der Waals surface area contributed by atoms with Crippen molar-refractivity contribution in [2.75, 3.05) is 44.2 Å². The van der Waals surface area contributed by atoms with Crippen molar-refractivity contribution in [3.63, 3.8) is 0 Å². The predicted octanol–water partition coefficient (Wildman–Crippen LogP) is 0.940. The van der Waals surface area contributed by atoms with Crippen LogP contribution < -0.4 is 4.90 Å². The fourth-order valence-electron chi connectivity index (χ4n) is 5.21. The molecule has 174 valence electrons. The summed E-state index contributed by atoms with van der Waals surface area (Å²) in [6, 6.07) is 1.82. The molecular formula is C19H29Cl2N5O4S. The molecular weight excluding hydrogens is 465 g/mol. The van der Waals surface area contributed by atoms with E-state index in [-0.39, 0.29) is 42.9 Å². The van der Waals surface area contributed by atoms with Crippen LogP contribution in [0.5, 0.6) is 0 Å². The van der Waals surface area contributed by atoms with Crippen LogP contribution in [0.1, 0.15) is 25.7 Å². The fraction of sp³-hybridized carbons (Fsp3) is 0.737. The first-order chi connectivity index (χ1) is 14.1. The zero-order valence-corrected chi connectivity index (χ0v) is 19.7. The van der Waals surface area contributed by atoms with Crippen molar-refractivity contribution in [1.29, 1.82) is 0 Å². The van der Waals surface area contributed by atoms with Crippen LogP contribution in [0.3, 0.4) is 0 Å². The van der Waals surface area contributed by atoms with E-state index in [0.29, 0.717) is 13.0 Å². The maximum absolute atomic E-state index is 12.8. The van der Waals surface area contributed by atoms with Crippen LogP contribution in [0, 0.1) is 5.92 Å². The highest BCUT2D eigenvalue weighted by Crippen LogP contribution is 2.48. The van der Waals surface area contributed by atoms with Crippen molar-refractivity contribution in [3.05, 3.63) is 18.5 Å². The Labute approximate surface area is 195 Å². The van der Waals surface area contributed by atoms with Gasteiger partial charge < -0.3 is 9.64 Å². The zero-order valence-electron chi connectivity index (χ0n) is 17.2. The van der Waals surface area contributed by atoms with Gasteiger partial charge in [0.2, 0.25) is 21.9 Å². The summed E-state index contributed by atoms with van der Waals surface area (Å²) in [7, 11) is -3.56. The molecule has 1 aromatic heterocycles. The van der Waals surface area contributed by atoms with Gasteiger partial charge in [0, 0.05) is 45.1 Å². The minimum absolute atomic E-state index is 0. The third-order valence-corrected chi connectivity index (χ3v) is 8.94. The lowest BCUT2D eigenvalue weighted by molar-refractivity contribution is -0.130. The number of rotatable bonds is 6. The number of fused-ring (bicyclic) bond motifs is 5. The Morgan fingerprint density at radius 2 is 1.61 bits per heavy atom. The summed E-state index contributed by atoms with van der Waals surface area (Å²) >= 11 is 0. The number of nitrogens with zero attached hydrogens (tertiary/aromatic N) is 5. The Morgan fingerprint density at radius 1 is 0.968 bits per heavy atom. The van der Waals surface area contributed by atoms with Crippen molar-refractivity contribution in [3.8, 4) is 0 Å². The van der Waals surface area contributed by atoms with Crippen LogP contribution in [0.4, 0.5) is 5.95 Å². The molecule has 4 saturated heterocycles. The van der Waals surface area contributed by atoms with Crippen LogP contribution in [0.2, 0.25) is 0 Å². The third-order valence-electron chi connectivity index (χ3n) is 6.68. The number of unbranched alkanes of at least 4 members (excludes halogenated alkanes) is 1. The topological polar surface area (TPSA) is 95.9 Å². The van der Waals surface area contributed by atoms with Gasteiger partial charge in [-0.25, -0.2) is 22.7 Å². The predicted molar refractivity (Wildman–Crippen MR) is 120 cm³/mol. The number of hydrogen-bond donors (Lipinski definition) is 0. The molecule has 0 spiro atoms. The molecule has 0 saturated carbocycles. The first-order valence-corrected chi connectivity index (χ1v) is 12.0. The Balaban J connectivity index is 0.00000136. The van der Waals surface area contributed by atoms with Gasteiger partial charge in [-0.15, -0.1) is 24.8 Å². The molecule has 0 N–H and O–H groups in total. The normalized spacial score (nSPS) is 31.3. The van der Waals surface area contributed by atoms with E-state index in [1.165, 1.54) is 0 Å². The Hall–Kier alpha value is -1.20. The quantitative estimate of drug-likeness (QED) is 0.540. The van der Waals surface area contributed by atoms with Crippen LogP contribution in [0.25, 0.3) is 0 Å². The number of carbonyl (C=O) groups is 1. The summed E-state index contributed by atoms with van der Waals surface area (Å²) in [6.45, 7) is 4.84. The molecule has 4 unspecified atom stereocenters. The van der Waals surface area contributed by atoms with Crippen molar-refractivity contribution >= 4 is 46.7 Å². The molecule has 4 atom stereocenters. The van der Waals surface area contributed by atoms with Gasteiger partial charge in [0.1, 0.15) is 5.25 Å². The maximum Gasteiger partial charge on any atom is 0.243 e. The van der Waals surface area contributed by atoms with Gasteiger partial charge in [-0.3, -0.25) is 9.69 Å². The third kappa shape index (κ3) is 4.37. The number of sulfonamides is 1. The van der Waals surface area contributed by atoms with Crippen molar-refractivity contribution < 1.29 is 17.9 Å². The van der Waals surface area contributed by atoms with E-state index in [1.54, 1.807) is 12.4 Å². The molecule has 2 bridgehead atoms. The molecule has 12 heteroatoms. The second-order valence-electron chi connectivity index (χ2n) is 8.32. The lowest BCUT2D eigenvalue weighted by atomic mass is 9.88. The molecule has 0 radical (unpaired) electrons. The Kier molecular flexibility index (Phi) is 7.68. The number of amides is 1. The summed E-state index contributed by atoms with van der Waals surface area (Å²) in [4.78, 5) is 25.9. The molecule has 4 aliphatic heterocycles. The number of piperazine rings is 1. The van der Waals surface area contributed by atoms with Gasteiger partial charge in [-0.05, 0) is 38.3 Å². The van der Waals surface area contributed by atoms with Gasteiger partial charge in [-0.2, -0.15) is 0 Å². The standard InChI is InChI=1S/C19H27N5O4S.2ClH/c25-18-16-14-4-5-15(28-14)17(16)29(26,27)24(18)9-2-1-8-22-10-12-23(13-11-22)19-20-6-3-7-21-19;;/h3,6-7,14-17H,1-2,4-5,8-13H2;2*1H. The second kappa shape index (κ2) is 9.74. The average Bonchev–Trinajstić information content (AvgIpc) is 3.41. The molecule has 5 rings (SSSR count). The molecule has 9 nitrogen and oxygen atoms in total. The largest absolute Gasteiger partial charge is 0.373 e. The second-order valence-corrected chi connectivity index (χ2v) is 10.3. The lowest BCUT2D eigenvalue weighted by Gasteiger charge is -2.34. The number of carbonyl (C=O) groups excluding carboxylic acids is 1. The molecule has 4 fully saturated rings. The molecule has 5 heterocycles. The van der Waals surface area contributed by atoms with Gasteiger partial charge in [-0.1, -0.05) is 0 Å². The van der Waals surface area contributed by atoms with Gasteiger partial charge in [0.15, 0.2) is 0 Å². The number of anilines is 1. The highest BCUT2D eigenvalue weighted by molar-refractivity contribution is 7.90. The smallest absolute Gasteiger partial charge is 0.243 e. The highest BCUT2D eigenvalue weighted by Gasteiger charge is 2.65. The van der Waals surface area contributed by atoms with Crippen LogP contribution in [0.15, 0.2) is 18.5 Å². The summed E-state index contributed by atoms with van der Waals surface area (Å²) in [6.07, 6.45) is 6.17. The molecule has 4 aliphatic rings. The number of ether oxygens (including phenoxy) is 1. The van der Waals surface area contributed by atoms with Crippen molar-refractivity contribution in [2.45, 2.75) is 43.1 Å². The molecule has 1 aromatic rings. The van der Waals surface area contributed by atoms with Crippen LogP contribution >= 0.6 is 24.8 Å². The summed E-state index contributed by atoms with van der Waals surface area (Å²) in [5.41, 5.74) is 0. The monoisotopic (exact) mass is 493 g/mol.